The Labute approximate surface area is 206 Å². The number of nitrogen functional groups attached to an aromatic ring is 2. The molecule has 0 radical (unpaired) electrons. The molecule has 8 heteroatoms. The van der Waals surface area contributed by atoms with Crippen LogP contribution in [0.5, 0.6) is 11.5 Å². The van der Waals surface area contributed by atoms with Gasteiger partial charge in [-0.15, -0.1) is 0 Å². The standard InChI is InChI=1S/C26H35ClN4O3/c1-17(2)13-31(15-19-10-23(27)25-24(11-19)33-6-3-7-34-25)26(32)20-4-5-30(16-20)14-18-8-21(28)12-22(29)9-18/h8-12,17,20H,3-7,13-16,28-29H2,1-2H3/t20-/m1/s1. The van der Waals surface area contributed by atoms with Crippen molar-refractivity contribution in [2.75, 3.05) is 44.3 Å². The fourth-order valence-electron chi connectivity index (χ4n) is 4.80. The SMILES string of the molecule is CC(C)CN(Cc1cc(Cl)c2c(c1)OCCCO2)C(=O)[C@@H]1CCN(Cc2cc(N)cc(N)c2)C1. The molecule has 0 bridgehead atoms. The van der Waals surface area contributed by atoms with Crippen LogP contribution in [0.2, 0.25) is 5.02 Å². The van der Waals surface area contributed by atoms with Crippen LogP contribution >= 0.6 is 11.6 Å². The van der Waals surface area contributed by atoms with Crippen LogP contribution in [0.4, 0.5) is 11.4 Å². The topological polar surface area (TPSA) is 94.0 Å². The Morgan fingerprint density at radius 3 is 2.59 bits per heavy atom. The Kier molecular flexibility index (Phi) is 7.73. The molecular formula is C26H35ClN4O3. The van der Waals surface area contributed by atoms with Gasteiger partial charge in [0.2, 0.25) is 5.91 Å². The molecule has 2 aromatic rings. The number of benzene rings is 2. The molecule has 184 valence electrons. The zero-order valence-electron chi connectivity index (χ0n) is 20.1. The van der Waals surface area contributed by atoms with E-state index in [2.05, 4.69) is 18.7 Å². The molecule has 4 rings (SSSR count). The quantitative estimate of drug-likeness (QED) is 0.570. The number of nitrogens with zero attached hydrogens (tertiary/aromatic N) is 2. The highest BCUT2D eigenvalue weighted by atomic mass is 35.5. The van der Waals surface area contributed by atoms with Gasteiger partial charge in [-0.1, -0.05) is 25.4 Å². The van der Waals surface area contributed by atoms with Crippen LogP contribution in [0.25, 0.3) is 0 Å². The third-order valence-corrected chi connectivity index (χ3v) is 6.48. The molecule has 1 amide bonds. The van der Waals surface area contributed by atoms with E-state index in [0.29, 0.717) is 60.1 Å². The molecule has 1 atom stereocenters. The molecular weight excluding hydrogens is 452 g/mol. The lowest BCUT2D eigenvalue weighted by Gasteiger charge is -2.28. The lowest BCUT2D eigenvalue weighted by molar-refractivity contribution is -0.136. The molecule has 4 N–H and O–H groups in total. The van der Waals surface area contributed by atoms with Gasteiger partial charge in [-0.2, -0.15) is 0 Å². The molecule has 2 aromatic carbocycles. The summed E-state index contributed by atoms with van der Waals surface area (Å²) in [7, 11) is 0. The molecule has 0 aliphatic carbocycles. The molecule has 7 nitrogen and oxygen atoms in total. The number of amides is 1. The molecule has 1 saturated heterocycles. The largest absolute Gasteiger partial charge is 0.489 e. The van der Waals surface area contributed by atoms with Crippen molar-refractivity contribution in [1.29, 1.82) is 0 Å². The summed E-state index contributed by atoms with van der Waals surface area (Å²) in [4.78, 5) is 17.9. The molecule has 34 heavy (non-hydrogen) atoms. The van der Waals surface area contributed by atoms with E-state index in [1.165, 1.54) is 0 Å². The minimum atomic E-state index is -0.0342. The first-order valence-electron chi connectivity index (χ1n) is 12.0. The summed E-state index contributed by atoms with van der Waals surface area (Å²) in [5.41, 5.74) is 15.2. The van der Waals surface area contributed by atoms with E-state index in [1.54, 1.807) is 6.07 Å². The van der Waals surface area contributed by atoms with Gasteiger partial charge in [0, 0.05) is 44.0 Å². The van der Waals surface area contributed by atoms with E-state index >= 15 is 0 Å². The predicted molar refractivity (Wildman–Crippen MR) is 136 cm³/mol. The average Bonchev–Trinajstić information content (AvgIpc) is 3.07. The Morgan fingerprint density at radius 2 is 1.85 bits per heavy atom. The number of halogens is 1. The smallest absolute Gasteiger partial charge is 0.227 e. The highest BCUT2D eigenvalue weighted by Crippen LogP contribution is 2.38. The average molecular weight is 487 g/mol. The van der Waals surface area contributed by atoms with E-state index in [9.17, 15) is 4.79 Å². The van der Waals surface area contributed by atoms with E-state index in [0.717, 1.165) is 43.6 Å². The third kappa shape index (κ3) is 6.07. The summed E-state index contributed by atoms with van der Waals surface area (Å²) in [5.74, 6) is 1.76. The maximum Gasteiger partial charge on any atom is 0.227 e. The van der Waals surface area contributed by atoms with Crippen molar-refractivity contribution in [3.05, 3.63) is 46.5 Å². The van der Waals surface area contributed by atoms with Gasteiger partial charge in [0.25, 0.3) is 0 Å². The highest BCUT2D eigenvalue weighted by molar-refractivity contribution is 6.32. The number of ether oxygens (including phenoxy) is 2. The number of likely N-dealkylation sites (tertiary alicyclic amines) is 1. The summed E-state index contributed by atoms with van der Waals surface area (Å²) in [6.45, 7) is 8.96. The first-order valence-corrected chi connectivity index (χ1v) is 12.4. The summed E-state index contributed by atoms with van der Waals surface area (Å²) in [5, 5.41) is 0.528. The van der Waals surface area contributed by atoms with Crippen molar-refractivity contribution >= 4 is 28.9 Å². The van der Waals surface area contributed by atoms with Crippen LogP contribution in [0.3, 0.4) is 0 Å². The first-order chi connectivity index (χ1) is 16.3. The van der Waals surface area contributed by atoms with E-state index in [1.807, 2.05) is 29.2 Å². The maximum absolute atomic E-state index is 13.6. The van der Waals surface area contributed by atoms with Crippen molar-refractivity contribution < 1.29 is 14.3 Å². The normalized spacial score (nSPS) is 18.2. The Hall–Kier alpha value is -2.64. The summed E-state index contributed by atoms with van der Waals surface area (Å²) in [6.07, 6.45) is 1.66. The fraction of sp³-hybridized carbons (Fsp3) is 0.500. The monoisotopic (exact) mass is 486 g/mol. The molecule has 0 spiro atoms. The number of hydrogen-bond donors (Lipinski definition) is 2. The lowest BCUT2D eigenvalue weighted by atomic mass is 10.0. The number of rotatable bonds is 7. The number of fused-ring (bicyclic) bond motifs is 1. The van der Waals surface area contributed by atoms with Crippen LogP contribution in [0.15, 0.2) is 30.3 Å². The molecule has 0 saturated carbocycles. The minimum Gasteiger partial charge on any atom is -0.489 e. The maximum atomic E-state index is 13.6. The van der Waals surface area contributed by atoms with Gasteiger partial charge in [-0.05, 0) is 60.3 Å². The second-order valence-corrected chi connectivity index (χ2v) is 10.2. The fourth-order valence-corrected chi connectivity index (χ4v) is 5.09. The molecule has 0 aromatic heterocycles. The Balaban J connectivity index is 1.45. The summed E-state index contributed by atoms with van der Waals surface area (Å²) < 4.78 is 11.6. The Bertz CT molecular complexity index is 1010. The van der Waals surface area contributed by atoms with Crippen LogP contribution < -0.4 is 20.9 Å². The predicted octanol–water partition coefficient (Wildman–Crippen LogP) is 4.17. The molecule has 2 aliphatic rings. The highest BCUT2D eigenvalue weighted by Gasteiger charge is 2.32. The van der Waals surface area contributed by atoms with Gasteiger partial charge in [0.1, 0.15) is 0 Å². The van der Waals surface area contributed by atoms with Crippen LogP contribution in [-0.2, 0) is 17.9 Å². The lowest BCUT2D eigenvalue weighted by Crippen LogP contribution is -2.39. The molecule has 2 heterocycles. The molecule has 2 aliphatic heterocycles. The summed E-state index contributed by atoms with van der Waals surface area (Å²) >= 11 is 6.50. The van der Waals surface area contributed by atoms with Gasteiger partial charge in [-0.3, -0.25) is 9.69 Å². The van der Waals surface area contributed by atoms with Gasteiger partial charge in [0.05, 0.1) is 24.2 Å². The van der Waals surface area contributed by atoms with Crippen molar-refractivity contribution in [3.63, 3.8) is 0 Å². The van der Waals surface area contributed by atoms with Crippen LogP contribution in [-0.4, -0.2) is 48.6 Å². The van der Waals surface area contributed by atoms with E-state index < -0.39 is 0 Å². The zero-order chi connectivity index (χ0) is 24.2. The van der Waals surface area contributed by atoms with Gasteiger partial charge in [0.15, 0.2) is 11.5 Å². The van der Waals surface area contributed by atoms with Crippen LogP contribution in [0, 0.1) is 11.8 Å². The second kappa shape index (κ2) is 10.7. The second-order valence-electron chi connectivity index (χ2n) is 9.80. The number of nitrogens with two attached hydrogens (primary N) is 2. The Morgan fingerprint density at radius 1 is 1.12 bits per heavy atom. The van der Waals surface area contributed by atoms with Crippen molar-refractivity contribution in [2.24, 2.45) is 11.8 Å². The molecule has 0 unspecified atom stereocenters. The van der Waals surface area contributed by atoms with Crippen molar-refractivity contribution in [2.45, 2.75) is 39.8 Å². The van der Waals surface area contributed by atoms with E-state index in [4.69, 9.17) is 32.5 Å². The van der Waals surface area contributed by atoms with Gasteiger partial charge in [-0.25, -0.2) is 0 Å². The number of anilines is 2. The van der Waals surface area contributed by atoms with Gasteiger partial charge < -0.3 is 25.8 Å². The summed E-state index contributed by atoms with van der Waals surface area (Å²) in [6, 6.07) is 9.50. The van der Waals surface area contributed by atoms with Gasteiger partial charge >= 0.3 is 0 Å². The molecule has 1 fully saturated rings. The van der Waals surface area contributed by atoms with Crippen molar-refractivity contribution in [3.8, 4) is 11.5 Å². The minimum absolute atomic E-state index is 0.0342. The van der Waals surface area contributed by atoms with E-state index in [-0.39, 0.29) is 11.8 Å². The number of carbonyl (C=O) groups is 1. The van der Waals surface area contributed by atoms with Crippen LogP contribution in [0.1, 0.15) is 37.8 Å². The third-order valence-electron chi connectivity index (χ3n) is 6.20. The van der Waals surface area contributed by atoms with Crippen molar-refractivity contribution in [1.82, 2.24) is 9.80 Å². The first kappa shape index (κ1) is 24.5. The number of hydrogen-bond acceptors (Lipinski definition) is 6. The zero-order valence-corrected chi connectivity index (χ0v) is 20.8. The number of carbonyl (C=O) groups excluding carboxylic acids is 1.